The minimum absolute atomic E-state index is 0.0738. The molecule has 19 heavy (non-hydrogen) atoms. The molecule has 0 atom stereocenters. The lowest BCUT2D eigenvalue weighted by Crippen LogP contribution is -2.45. The summed E-state index contributed by atoms with van der Waals surface area (Å²) in [5.74, 6) is 0.892. The molecule has 0 saturated carbocycles. The Morgan fingerprint density at radius 1 is 1.11 bits per heavy atom. The number of likely N-dealkylation sites (tertiary alicyclic amines) is 1. The SMILES string of the molecule is CCC1CN(Cc2nc(C)c(C(C)(C)C)nc2C)C1. The molecule has 0 aliphatic carbocycles. The summed E-state index contributed by atoms with van der Waals surface area (Å²) in [4.78, 5) is 12.1. The van der Waals surface area contributed by atoms with Gasteiger partial charge in [-0.15, -0.1) is 0 Å². The summed E-state index contributed by atoms with van der Waals surface area (Å²) in [5.41, 5.74) is 4.53. The molecule has 1 aliphatic heterocycles. The van der Waals surface area contributed by atoms with E-state index in [1.54, 1.807) is 0 Å². The van der Waals surface area contributed by atoms with Gasteiger partial charge in [-0.2, -0.15) is 0 Å². The zero-order chi connectivity index (χ0) is 14.2. The summed E-state index contributed by atoms with van der Waals surface area (Å²) in [6.45, 7) is 16.4. The maximum absolute atomic E-state index is 4.81. The van der Waals surface area contributed by atoms with Gasteiger partial charge in [0.2, 0.25) is 0 Å². The van der Waals surface area contributed by atoms with E-state index in [0.717, 1.165) is 35.2 Å². The third-order valence-electron chi connectivity index (χ3n) is 4.04. The van der Waals surface area contributed by atoms with Crippen LogP contribution in [0.25, 0.3) is 0 Å². The fourth-order valence-corrected chi connectivity index (χ4v) is 2.79. The summed E-state index contributed by atoms with van der Waals surface area (Å²) in [5, 5.41) is 0. The Labute approximate surface area is 117 Å². The van der Waals surface area contributed by atoms with Gasteiger partial charge in [-0.3, -0.25) is 14.9 Å². The van der Waals surface area contributed by atoms with E-state index < -0.39 is 0 Å². The first kappa shape index (κ1) is 14.4. The van der Waals surface area contributed by atoms with Crippen molar-refractivity contribution < 1.29 is 0 Å². The van der Waals surface area contributed by atoms with Crippen LogP contribution in [-0.2, 0) is 12.0 Å². The Balaban J connectivity index is 2.13. The lowest BCUT2D eigenvalue weighted by Gasteiger charge is -2.38. The molecule has 2 rings (SSSR count). The molecule has 1 saturated heterocycles. The molecule has 0 unspecified atom stereocenters. The molecule has 1 fully saturated rings. The summed E-state index contributed by atoms with van der Waals surface area (Å²) in [6, 6.07) is 0. The second-order valence-electron chi connectivity index (χ2n) is 6.91. The minimum atomic E-state index is 0.0738. The fraction of sp³-hybridized carbons (Fsp3) is 0.750. The van der Waals surface area contributed by atoms with E-state index >= 15 is 0 Å². The number of hydrogen-bond acceptors (Lipinski definition) is 3. The average molecular weight is 261 g/mol. The lowest BCUT2D eigenvalue weighted by atomic mass is 9.90. The van der Waals surface area contributed by atoms with Crippen molar-refractivity contribution in [2.24, 2.45) is 5.92 Å². The Hall–Kier alpha value is -0.960. The van der Waals surface area contributed by atoms with Gasteiger partial charge >= 0.3 is 0 Å². The molecule has 106 valence electrons. The van der Waals surface area contributed by atoms with Crippen molar-refractivity contribution in [2.75, 3.05) is 13.1 Å². The number of hydrogen-bond donors (Lipinski definition) is 0. The topological polar surface area (TPSA) is 29.0 Å². The van der Waals surface area contributed by atoms with Crippen LogP contribution in [-0.4, -0.2) is 28.0 Å². The number of aromatic nitrogens is 2. The highest BCUT2D eigenvalue weighted by Crippen LogP contribution is 2.25. The zero-order valence-electron chi connectivity index (χ0n) is 13.2. The van der Waals surface area contributed by atoms with E-state index in [-0.39, 0.29) is 5.41 Å². The predicted molar refractivity (Wildman–Crippen MR) is 79.3 cm³/mol. The number of rotatable bonds is 3. The molecule has 0 radical (unpaired) electrons. The molecule has 1 aromatic rings. The molecular formula is C16H27N3. The van der Waals surface area contributed by atoms with Gasteiger partial charge in [0, 0.05) is 25.0 Å². The van der Waals surface area contributed by atoms with Crippen LogP contribution >= 0.6 is 0 Å². The van der Waals surface area contributed by atoms with E-state index in [9.17, 15) is 0 Å². The van der Waals surface area contributed by atoms with Crippen molar-refractivity contribution in [3.05, 3.63) is 22.8 Å². The van der Waals surface area contributed by atoms with Gasteiger partial charge in [-0.25, -0.2) is 0 Å². The molecule has 0 bridgehead atoms. The van der Waals surface area contributed by atoms with Crippen molar-refractivity contribution in [1.29, 1.82) is 0 Å². The normalized spacial score (nSPS) is 17.6. The molecule has 3 nitrogen and oxygen atoms in total. The monoisotopic (exact) mass is 261 g/mol. The highest BCUT2D eigenvalue weighted by atomic mass is 15.2. The largest absolute Gasteiger partial charge is 0.297 e. The average Bonchev–Trinajstić information content (AvgIpc) is 2.25. The Bertz CT molecular complexity index is 454. The van der Waals surface area contributed by atoms with Gasteiger partial charge in [0.15, 0.2) is 0 Å². The van der Waals surface area contributed by atoms with Crippen LogP contribution in [0.5, 0.6) is 0 Å². The van der Waals surface area contributed by atoms with Crippen molar-refractivity contribution in [3.8, 4) is 0 Å². The molecule has 1 aromatic heterocycles. The van der Waals surface area contributed by atoms with Crippen molar-refractivity contribution in [1.82, 2.24) is 14.9 Å². The maximum Gasteiger partial charge on any atom is 0.0759 e. The van der Waals surface area contributed by atoms with Crippen LogP contribution in [0, 0.1) is 19.8 Å². The Morgan fingerprint density at radius 2 is 1.74 bits per heavy atom. The first-order chi connectivity index (χ1) is 8.81. The third-order valence-corrected chi connectivity index (χ3v) is 4.04. The van der Waals surface area contributed by atoms with Crippen LogP contribution < -0.4 is 0 Å². The minimum Gasteiger partial charge on any atom is -0.297 e. The van der Waals surface area contributed by atoms with Gasteiger partial charge < -0.3 is 0 Å². The van der Waals surface area contributed by atoms with Crippen LogP contribution in [0.3, 0.4) is 0 Å². The maximum atomic E-state index is 4.81. The van der Waals surface area contributed by atoms with E-state index in [1.807, 2.05) is 0 Å². The standard InChI is InChI=1S/C16H27N3/c1-7-13-8-19(9-13)10-14-11(2)18-15(12(3)17-14)16(4,5)6/h13H,7-10H2,1-6H3. The van der Waals surface area contributed by atoms with Crippen molar-refractivity contribution >= 4 is 0 Å². The molecule has 0 aromatic carbocycles. The Morgan fingerprint density at radius 3 is 2.26 bits per heavy atom. The molecular weight excluding hydrogens is 234 g/mol. The molecule has 3 heteroatoms. The van der Waals surface area contributed by atoms with E-state index in [4.69, 9.17) is 9.97 Å². The quantitative estimate of drug-likeness (QED) is 0.836. The highest BCUT2D eigenvalue weighted by molar-refractivity contribution is 5.24. The van der Waals surface area contributed by atoms with E-state index in [1.165, 1.54) is 19.5 Å². The summed E-state index contributed by atoms with van der Waals surface area (Å²) in [6.07, 6.45) is 1.29. The van der Waals surface area contributed by atoms with Gasteiger partial charge in [0.05, 0.1) is 22.8 Å². The smallest absolute Gasteiger partial charge is 0.0759 e. The third kappa shape index (κ3) is 3.14. The first-order valence-electron chi connectivity index (χ1n) is 7.38. The number of nitrogens with zero attached hydrogens (tertiary/aromatic N) is 3. The van der Waals surface area contributed by atoms with Gasteiger partial charge in [0.1, 0.15) is 0 Å². The van der Waals surface area contributed by atoms with Crippen molar-refractivity contribution in [2.45, 2.75) is 59.9 Å². The Kier molecular flexibility index (Phi) is 3.95. The van der Waals surface area contributed by atoms with Crippen LogP contribution in [0.4, 0.5) is 0 Å². The fourth-order valence-electron chi connectivity index (χ4n) is 2.79. The molecule has 0 N–H and O–H groups in total. The second-order valence-corrected chi connectivity index (χ2v) is 6.91. The molecule has 2 heterocycles. The first-order valence-corrected chi connectivity index (χ1v) is 7.38. The second kappa shape index (κ2) is 5.20. The van der Waals surface area contributed by atoms with Crippen molar-refractivity contribution in [3.63, 3.8) is 0 Å². The van der Waals surface area contributed by atoms with Gasteiger partial charge in [-0.05, 0) is 19.8 Å². The molecule has 0 spiro atoms. The highest BCUT2D eigenvalue weighted by Gasteiger charge is 2.27. The summed E-state index contributed by atoms with van der Waals surface area (Å²) < 4.78 is 0. The van der Waals surface area contributed by atoms with Crippen LogP contribution in [0.15, 0.2) is 0 Å². The van der Waals surface area contributed by atoms with Crippen LogP contribution in [0.2, 0.25) is 0 Å². The predicted octanol–water partition coefficient (Wildman–Crippen LogP) is 3.23. The zero-order valence-corrected chi connectivity index (χ0v) is 13.2. The summed E-state index contributed by atoms with van der Waals surface area (Å²) >= 11 is 0. The van der Waals surface area contributed by atoms with Crippen LogP contribution in [0.1, 0.15) is 56.9 Å². The van der Waals surface area contributed by atoms with E-state index in [2.05, 4.69) is 46.4 Å². The van der Waals surface area contributed by atoms with Gasteiger partial charge in [0.25, 0.3) is 0 Å². The summed E-state index contributed by atoms with van der Waals surface area (Å²) in [7, 11) is 0. The van der Waals surface area contributed by atoms with Gasteiger partial charge in [-0.1, -0.05) is 34.1 Å². The molecule has 0 amide bonds. The van der Waals surface area contributed by atoms with E-state index in [0.29, 0.717) is 0 Å². The number of aryl methyl sites for hydroxylation is 2. The molecule has 1 aliphatic rings. The lowest BCUT2D eigenvalue weighted by molar-refractivity contribution is 0.0880.